The van der Waals surface area contributed by atoms with Crippen molar-refractivity contribution in [1.29, 1.82) is 0 Å². The molecule has 1 amide bonds. The van der Waals surface area contributed by atoms with Crippen LogP contribution in [0.25, 0.3) is 0 Å². The highest BCUT2D eigenvalue weighted by Crippen LogP contribution is 2.12. The van der Waals surface area contributed by atoms with Gasteiger partial charge in [-0.2, -0.15) is 0 Å². The van der Waals surface area contributed by atoms with Gasteiger partial charge in [0.25, 0.3) is 0 Å². The smallest absolute Gasteiger partial charge is 0.221 e. The average molecular weight is 193 g/mol. The second kappa shape index (κ2) is 6.19. The summed E-state index contributed by atoms with van der Waals surface area (Å²) in [7, 11) is 0. The van der Waals surface area contributed by atoms with Crippen LogP contribution in [-0.4, -0.2) is 5.91 Å². The fourth-order valence-electron chi connectivity index (χ4n) is 1.04. The van der Waals surface area contributed by atoms with Gasteiger partial charge in [-0.25, -0.2) is 0 Å². The van der Waals surface area contributed by atoms with Crippen LogP contribution in [0.3, 0.4) is 0 Å². The van der Waals surface area contributed by atoms with Crippen LogP contribution in [0.2, 0.25) is 0 Å². The first-order valence-electron chi connectivity index (χ1n) is 4.79. The molecule has 0 rings (SSSR count). The van der Waals surface area contributed by atoms with Gasteiger partial charge in [0.1, 0.15) is 0 Å². The van der Waals surface area contributed by atoms with Gasteiger partial charge >= 0.3 is 0 Å². The van der Waals surface area contributed by atoms with Gasteiger partial charge in [-0.05, 0) is 24.5 Å². The van der Waals surface area contributed by atoms with E-state index in [1.165, 1.54) is 6.92 Å². The van der Waals surface area contributed by atoms with Gasteiger partial charge in [0.2, 0.25) is 5.91 Å². The molecule has 0 aromatic heterocycles. The summed E-state index contributed by atoms with van der Waals surface area (Å²) in [5.74, 6) is 0.359. The van der Waals surface area contributed by atoms with Crippen molar-refractivity contribution in [3.05, 3.63) is 36.1 Å². The summed E-state index contributed by atoms with van der Waals surface area (Å²) in [6, 6.07) is 0. The molecule has 0 unspecified atom stereocenters. The maximum absolute atomic E-state index is 10.8. The van der Waals surface area contributed by atoms with E-state index in [9.17, 15) is 4.79 Å². The number of rotatable bonds is 4. The van der Waals surface area contributed by atoms with Gasteiger partial charge in [0, 0.05) is 12.6 Å². The van der Waals surface area contributed by atoms with Gasteiger partial charge in [-0.3, -0.25) is 4.79 Å². The predicted octanol–water partition coefficient (Wildman–Crippen LogP) is 2.79. The van der Waals surface area contributed by atoms with Crippen LogP contribution in [-0.2, 0) is 4.79 Å². The van der Waals surface area contributed by atoms with Crippen molar-refractivity contribution < 1.29 is 4.79 Å². The van der Waals surface area contributed by atoms with Crippen LogP contribution in [0.1, 0.15) is 27.7 Å². The van der Waals surface area contributed by atoms with Crippen molar-refractivity contribution in [3.8, 4) is 0 Å². The van der Waals surface area contributed by atoms with E-state index < -0.39 is 0 Å². The molecular weight excluding hydrogens is 174 g/mol. The molecule has 0 bridgehead atoms. The summed E-state index contributed by atoms with van der Waals surface area (Å²) >= 11 is 0. The number of allylic oxidation sites excluding steroid dienone is 4. The molecule has 1 N–H and O–H groups in total. The van der Waals surface area contributed by atoms with E-state index in [4.69, 9.17) is 0 Å². The molecule has 0 aliphatic carbocycles. The number of nitrogens with one attached hydrogen (secondary N) is 1. The van der Waals surface area contributed by atoms with Crippen molar-refractivity contribution >= 4 is 5.91 Å². The third-order valence-corrected chi connectivity index (χ3v) is 1.86. The number of hydrogen-bond acceptors (Lipinski definition) is 1. The number of amides is 1. The Bertz CT molecular complexity index is 272. The Balaban J connectivity index is 4.72. The second-order valence-corrected chi connectivity index (χ2v) is 3.43. The lowest BCUT2D eigenvalue weighted by atomic mass is 10.0. The van der Waals surface area contributed by atoms with Crippen molar-refractivity contribution in [2.24, 2.45) is 5.92 Å². The third kappa shape index (κ3) is 4.65. The highest BCUT2D eigenvalue weighted by molar-refractivity contribution is 5.75. The summed E-state index contributed by atoms with van der Waals surface area (Å²) < 4.78 is 0. The second-order valence-electron chi connectivity index (χ2n) is 3.43. The Morgan fingerprint density at radius 3 is 2.29 bits per heavy atom. The molecule has 78 valence electrons. The molecule has 0 aromatic carbocycles. The number of carbonyl (C=O) groups excluding carboxylic acids is 1. The zero-order valence-corrected chi connectivity index (χ0v) is 9.42. The molecule has 14 heavy (non-hydrogen) atoms. The molecule has 2 heteroatoms. The Morgan fingerprint density at radius 2 is 2.00 bits per heavy atom. The van der Waals surface area contributed by atoms with Gasteiger partial charge in [0.15, 0.2) is 0 Å². The number of hydrogen-bond donors (Lipinski definition) is 1. The lowest BCUT2D eigenvalue weighted by Crippen LogP contribution is -2.18. The molecule has 0 saturated heterocycles. The summed E-state index contributed by atoms with van der Waals surface area (Å²) in [4.78, 5) is 10.8. The normalized spacial score (nSPS) is 12.9. The monoisotopic (exact) mass is 193 g/mol. The zero-order valence-electron chi connectivity index (χ0n) is 9.42. The van der Waals surface area contributed by atoms with Crippen LogP contribution in [0.5, 0.6) is 0 Å². The summed E-state index contributed by atoms with van der Waals surface area (Å²) in [5.41, 5.74) is 1.94. The Morgan fingerprint density at radius 1 is 1.43 bits per heavy atom. The van der Waals surface area contributed by atoms with E-state index in [0.717, 1.165) is 11.3 Å². The van der Waals surface area contributed by atoms with E-state index in [-0.39, 0.29) is 5.91 Å². The summed E-state index contributed by atoms with van der Waals surface area (Å²) in [6.45, 7) is 11.3. The Labute approximate surface area is 86.4 Å². The molecule has 0 fully saturated rings. The number of carbonyl (C=O) groups is 1. The Kier molecular flexibility index (Phi) is 5.61. The molecule has 0 aromatic rings. The fraction of sp³-hybridized carbons (Fsp3) is 0.417. The molecule has 0 atom stereocenters. The largest absolute Gasteiger partial charge is 0.327 e. The lowest BCUT2D eigenvalue weighted by molar-refractivity contribution is -0.118. The molecule has 0 spiro atoms. The van der Waals surface area contributed by atoms with Crippen LogP contribution in [0, 0.1) is 5.92 Å². The Hall–Kier alpha value is -1.31. The highest BCUT2D eigenvalue weighted by atomic mass is 16.1. The first-order chi connectivity index (χ1) is 6.51. The maximum Gasteiger partial charge on any atom is 0.221 e. The minimum atomic E-state index is -0.0541. The average Bonchev–Trinajstić information content (AvgIpc) is 2.10. The fourth-order valence-corrected chi connectivity index (χ4v) is 1.04. The van der Waals surface area contributed by atoms with Crippen molar-refractivity contribution in [1.82, 2.24) is 5.32 Å². The molecular formula is C12H19NO. The maximum atomic E-state index is 10.8. The van der Waals surface area contributed by atoms with Gasteiger partial charge < -0.3 is 5.32 Å². The van der Waals surface area contributed by atoms with Gasteiger partial charge in [-0.15, -0.1) is 0 Å². The molecule has 2 nitrogen and oxygen atoms in total. The van der Waals surface area contributed by atoms with E-state index in [2.05, 4.69) is 25.7 Å². The van der Waals surface area contributed by atoms with Crippen molar-refractivity contribution in [2.45, 2.75) is 27.7 Å². The van der Waals surface area contributed by atoms with E-state index in [1.54, 1.807) is 0 Å². The predicted molar refractivity (Wildman–Crippen MR) is 60.7 cm³/mol. The molecule has 0 aliphatic rings. The van der Waals surface area contributed by atoms with Crippen LogP contribution < -0.4 is 5.32 Å². The third-order valence-electron chi connectivity index (χ3n) is 1.86. The van der Waals surface area contributed by atoms with E-state index in [1.807, 2.05) is 25.2 Å². The minimum absolute atomic E-state index is 0.0541. The molecule has 0 saturated carbocycles. The first-order valence-corrected chi connectivity index (χ1v) is 4.79. The van der Waals surface area contributed by atoms with Crippen LogP contribution in [0.4, 0.5) is 0 Å². The van der Waals surface area contributed by atoms with Crippen LogP contribution in [0.15, 0.2) is 36.1 Å². The molecule has 0 heterocycles. The minimum Gasteiger partial charge on any atom is -0.327 e. The quantitative estimate of drug-likeness (QED) is 0.683. The first kappa shape index (κ1) is 12.7. The highest BCUT2D eigenvalue weighted by Gasteiger charge is 2.00. The standard InChI is InChI=1S/C12H19NO/c1-6-11(9(3)4)8-12(7-2)13-10(5)14/h6-9H,1H2,2-5H3,(H,13,14)/b11-8+,12-7+. The van der Waals surface area contributed by atoms with Crippen LogP contribution >= 0.6 is 0 Å². The van der Waals surface area contributed by atoms with E-state index >= 15 is 0 Å². The van der Waals surface area contributed by atoms with Gasteiger partial charge in [-0.1, -0.05) is 32.6 Å². The summed E-state index contributed by atoms with van der Waals surface area (Å²) in [6.07, 6.45) is 5.63. The van der Waals surface area contributed by atoms with Gasteiger partial charge in [0.05, 0.1) is 0 Å². The molecule has 0 radical (unpaired) electrons. The van der Waals surface area contributed by atoms with E-state index in [0.29, 0.717) is 5.92 Å². The van der Waals surface area contributed by atoms with Crippen molar-refractivity contribution in [3.63, 3.8) is 0 Å². The zero-order chi connectivity index (χ0) is 11.1. The SMILES string of the molecule is C=C/C(=C\C(=C/C)NC(C)=O)C(C)C. The topological polar surface area (TPSA) is 29.1 Å². The lowest BCUT2D eigenvalue weighted by Gasteiger charge is -2.08. The van der Waals surface area contributed by atoms with Crippen molar-refractivity contribution in [2.75, 3.05) is 0 Å². The molecule has 0 aliphatic heterocycles. The summed E-state index contributed by atoms with van der Waals surface area (Å²) in [5, 5.41) is 2.75.